The molecule has 12 heteroatoms. The number of hydrogen-bond acceptors (Lipinski definition) is 8. The van der Waals surface area contributed by atoms with Gasteiger partial charge in [0.05, 0.1) is 18.9 Å². The van der Waals surface area contributed by atoms with Gasteiger partial charge >= 0.3 is 6.09 Å². The number of amides is 4. The first-order valence-corrected chi connectivity index (χ1v) is 13.2. The van der Waals surface area contributed by atoms with Crippen molar-refractivity contribution in [3.63, 3.8) is 0 Å². The minimum atomic E-state index is -1.10. The number of nitrogens with zero attached hydrogens (tertiary/aromatic N) is 2. The molecule has 0 saturated heterocycles. The van der Waals surface area contributed by atoms with Crippen molar-refractivity contribution in [2.45, 2.75) is 45.4 Å². The van der Waals surface area contributed by atoms with Gasteiger partial charge in [-0.3, -0.25) is 19.3 Å². The second kappa shape index (κ2) is 18.3. The number of ether oxygens (including phenoxy) is 1. The van der Waals surface area contributed by atoms with Crippen LogP contribution in [-0.4, -0.2) is 85.5 Å². The van der Waals surface area contributed by atoms with Gasteiger partial charge in [0.1, 0.15) is 12.4 Å². The van der Waals surface area contributed by atoms with Crippen molar-refractivity contribution in [2.24, 2.45) is 5.16 Å². The molecule has 0 fully saturated rings. The molecule has 214 valence electrons. The molecular formula is C27H39N5O7. The summed E-state index contributed by atoms with van der Waals surface area (Å²) in [5.41, 5.74) is 1.51. The maximum absolute atomic E-state index is 12.0. The Balaban J connectivity index is 1.42. The van der Waals surface area contributed by atoms with Gasteiger partial charge in [0, 0.05) is 38.2 Å². The Morgan fingerprint density at radius 3 is 2.31 bits per heavy atom. The number of carboxylic acid groups (broad SMARTS) is 1. The quantitative estimate of drug-likeness (QED) is 0.0839. The largest absolute Gasteiger partial charge is 0.494 e. The predicted molar refractivity (Wildman–Crippen MR) is 146 cm³/mol. The number of carbonyl (C=O) groups is 4. The van der Waals surface area contributed by atoms with Gasteiger partial charge in [-0.1, -0.05) is 18.0 Å². The molecule has 2 rings (SSSR count). The molecule has 1 aromatic rings. The Labute approximate surface area is 228 Å². The highest BCUT2D eigenvalue weighted by Gasteiger charge is 2.22. The summed E-state index contributed by atoms with van der Waals surface area (Å²) in [6.45, 7) is 5.11. The summed E-state index contributed by atoms with van der Waals surface area (Å²) < 4.78 is 5.70. The summed E-state index contributed by atoms with van der Waals surface area (Å²) in [6, 6.07) is 7.34. The summed E-state index contributed by atoms with van der Waals surface area (Å²) in [5.74, 6) is 0.232. The van der Waals surface area contributed by atoms with Gasteiger partial charge in [-0.2, -0.15) is 0 Å². The Kier molecular flexibility index (Phi) is 14.7. The molecule has 0 spiro atoms. The molecule has 0 bridgehead atoms. The number of benzene rings is 1. The molecule has 1 aromatic carbocycles. The maximum atomic E-state index is 12.0. The van der Waals surface area contributed by atoms with E-state index in [1.807, 2.05) is 24.3 Å². The Hall–Kier alpha value is -3.93. The lowest BCUT2D eigenvalue weighted by Gasteiger charge is -2.13. The number of unbranched alkanes of at least 4 members (excludes halogenated alkanes) is 3. The molecule has 0 atom stereocenters. The molecular weight excluding hydrogens is 506 g/mol. The average molecular weight is 546 g/mol. The van der Waals surface area contributed by atoms with E-state index >= 15 is 0 Å². The summed E-state index contributed by atoms with van der Waals surface area (Å²) in [5, 5.41) is 20.8. The number of oxime groups is 1. The predicted octanol–water partition coefficient (Wildman–Crippen LogP) is 2.05. The number of carbonyl (C=O) groups excluding carboxylic acids is 3. The third-order valence-corrected chi connectivity index (χ3v) is 5.77. The number of nitrogens with one attached hydrogen (secondary N) is 3. The van der Waals surface area contributed by atoms with Gasteiger partial charge in [0.15, 0.2) is 0 Å². The molecule has 4 amide bonds. The molecule has 12 nitrogen and oxygen atoms in total. The van der Waals surface area contributed by atoms with Gasteiger partial charge in [0.2, 0.25) is 5.91 Å². The van der Waals surface area contributed by atoms with Gasteiger partial charge in [-0.25, -0.2) is 4.79 Å². The van der Waals surface area contributed by atoms with Gasteiger partial charge in [-0.15, -0.1) is 0 Å². The van der Waals surface area contributed by atoms with E-state index in [1.165, 1.54) is 17.1 Å². The fourth-order valence-corrected chi connectivity index (χ4v) is 3.64. The maximum Gasteiger partial charge on any atom is 0.404 e. The third kappa shape index (κ3) is 13.4. The van der Waals surface area contributed by atoms with Crippen LogP contribution >= 0.6 is 0 Å². The van der Waals surface area contributed by atoms with Gasteiger partial charge in [0.25, 0.3) is 11.8 Å². The lowest BCUT2D eigenvalue weighted by atomic mass is 10.1. The van der Waals surface area contributed by atoms with E-state index in [0.29, 0.717) is 50.5 Å². The Bertz CT molecular complexity index is 977. The van der Waals surface area contributed by atoms with Crippen molar-refractivity contribution < 1.29 is 33.9 Å². The van der Waals surface area contributed by atoms with Crippen LogP contribution < -0.4 is 20.7 Å². The monoisotopic (exact) mass is 545 g/mol. The summed E-state index contributed by atoms with van der Waals surface area (Å²) in [4.78, 5) is 51.6. The van der Waals surface area contributed by atoms with Gasteiger partial charge < -0.3 is 30.6 Å². The van der Waals surface area contributed by atoms with Crippen LogP contribution in [0, 0.1) is 0 Å². The zero-order valence-corrected chi connectivity index (χ0v) is 22.4. The van der Waals surface area contributed by atoms with Crippen molar-refractivity contribution >= 4 is 29.5 Å². The molecule has 0 saturated carbocycles. The van der Waals surface area contributed by atoms with E-state index in [4.69, 9.17) is 14.7 Å². The van der Waals surface area contributed by atoms with E-state index in [0.717, 1.165) is 37.8 Å². The van der Waals surface area contributed by atoms with Crippen molar-refractivity contribution in [3.05, 3.63) is 42.0 Å². The topological polar surface area (TPSA) is 159 Å². The van der Waals surface area contributed by atoms with E-state index in [9.17, 15) is 19.2 Å². The molecule has 0 aromatic heterocycles. The molecule has 4 N–H and O–H groups in total. The van der Waals surface area contributed by atoms with Crippen LogP contribution in [0.2, 0.25) is 0 Å². The highest BCUT2D eigenvalue weighted by molar-refractivity contribution is 6.12. The van der Waals surface area contributed by atoms with E-state index in [2.05, 4.69) is 21.1 Å². The standard InChI is InChI=1S/C27H39N5O7/c1-21(31-39-20-17-30-27(36)37)22-8-10-23(11-9-22)38-19-6-7-24(33)29-16-15-28-14-4-2-3-5-18-32-25(34)12-13-26(32)35/h8-13,28,30H,2-7,14-20H2,1H3,(H,29,33)(H,36,37)/b31-21-. The van der Waals surface area contributed by atoms with Crippen molar-refractivity contribution in [3.8, 4) is 5.75 Å². The summed E-state index contributed by atoms with van der Waals surface area (Å²) >= 11 is 0. The van der Waals surface area contributed by atoms with Crippen LogP contribution in [-0.2, 0) is 19.2 Å². The van der Waals surface area contributed by atoms with Crippen LogP contribution in [0.15, 0.2) is 41.6 Å². The van der Waals surface area contributed by atoms with Crippen LogP contribution in [0.3, 0.4) is 0 Å². The van der Waals surface area contributed by atoms with Crippen LogP contribution in [0.4, 0.5) is 4.79 Å². The Morgan fingerprint density at radius 2 is 1.59 bits per heavy atom. The first-order valence-electron chi connectivity index (χ1n) is 13.2. The number of imide groups is 1. The number of hydrogen-bond donors (Lipinski definition) is 4. The lowest BCUT2D eigenvalue weighted by molar-refractivity contribution is -0.136. The number of rotatable bonds is 20. The summed E-state index contributed by atoms with van der Waals surface area (Å²) in [7, 11) is 0. The first kappa shape index (κ1) is 31.3. The molecule has 1 heterocycles. The Morgan fingerprint density at radius 1 is 0.872 bits per heavy atom. The lowest BCUT2D eigenvalue weighted by Crippen LogP contribution is -2.32. The SMILES string of the molecule is C/C(=N/OCCNC(=O)O)c1ccc(OCCCC(=O)NCCNCCCCCCN2C(=O)C=CC2=O)cc1. The van der Waals surface area contributed by atoms with Gasteiger partial charge in [-0.05, 0) is 62.6 Å². The van der Waals surface area contributed by atoms with Crippen LogP contribution in [0.5, 0.6) is 5.75 Å². The zero-order valence-electron chi connectivity index (χ0n) is 22.4. The fraction of sp³-hybridized carbons (Fsp3) is 0.519. The highest BCUT2D eigenvalue weighted by atomic mass is 16.6. The van der Waals surface area contributed by atoms with Crippen molar-refractivity contribution in [1.82, 2.24) is 20.9 Å². The molecule has 1 aliphatic rings. The highest BCUT2D eigenvalue weighted by Crippen LogP contribution is 2.13. The molecule has 0 aliphatic carbocycles. The third-order valence-electron chi connectivity index (χ3n) is 5.77. The van der Waals surface area contributed by atoms with E-state index in [1.54, 1.807) is 6.92 Å². The molecule has 0 unspecified atom stereocenters. The molecule has 39 heavy (non-hydrogen) atoms. The minimum absolute atomic E-state index is 0.0124. The van der Waals surface area contributed by atoms with Crippen molar-refractivity contribution in [1.29, 1.82) is 0 Å². The summed E-state index contributed by atoms with van der Waals surface area (Å²) in [6.07, 6.45) is 6.29. The van der Waals surface area contributed by atoms with E-state index < -0.39 is 6.09 Å². The smallest absolute Gasteiger partial charge is 0.404 e. The van der Waals surface area contributed by atoms with Crippen LogP contribution in [0.25, 0.3) is 0 Å². The first-order chi connectivity index (χ1) is 18.9. The molecule has 0 radical (unpaired) electrons. The normalized spacial score (nSPS) is 13.1. The minimum Gasteiger partial charge on any atom is -0.494 e. The van der Waals surface area contributed by atoms with E-state index in [-0.39, 0.29) is 30.9 Å². The van der Waals surface area contributed by atoms with Crippen LogP contribution in [0.1, 0.15) is 51.0 Å². The molecule has 1 aliphatic heterocycles. The average Bonchev–Trinajstić information content (AvgIpc) is 3.24. The zero-order chi connectivity index (χ0) is 28.3. The second-order valence-corrected chi connectivity index (χ2v) is 8.89. The second-order valence-electron chi connectivity index (χ2n) is 8.89. The fourth-order valence-electron chi connectivity index (χ4n) is 3.64. The van der Waals surface area contributed by atoms with Crippen molar-refractivity contribution in [2.75, 3.05) is 45.9 Å².